The van der Waals surface area contributed by atoms with E-state index in [1.165, 1.54) is 0 Å². The molecule has 1 saturated carbocycles. The fourth-order valence-corrected chi connectivity index (χ4v) is 3.73. The molecule has 1 aliphatic rings. The van der Waals surface area contributed by atoms with Crippen LogP contribution in [0.4, 0.5) is 0 Å². The van der Waals surface area contributed by atoms with Crippen molar-refractivity contribution in [1.29, 1.82) is 0 Å². The molecule has 1 fully saturated rings. The zero-order valence-corrected chi connectivity index (χ0v) is 17.4. The predicted octanol–water partition coefficient (Wildman–Crippen LogP) is 3.96. The Kier molecular flexibility index (Phi) is 7.44. The van der Waals surface area contributed by atoms with E-state index in [4.69, 9.17) is 4.52 Å². The van der Waals surface area contributed by atoms with Crippen LogP contribution in [-0.2, 0) is 17.8 Å². The Bertz CT molecular complexity index is 795. The van der Waals surface area contributed by atoms with Crippen molar-refractivity contribution in [1.82, 2.24) is 15.4 Å². The standard InChI is InChI=1S/C23H31N3O3/c1-17(2)15-24-23(28)21-14-20(29-25-21)16-26(19-10-6-7-11-19)22(27)13-12-18-8-4-3-5-9-18/h3-5,8-9,14,17,19H,6-7,10-13,15-16H2,1-2H3,(H,24,28). The monoisotopic (exact) mass is 397 g/mol. The van der Waals surface area contributed by atoms with Gasteiger partial charge in [-0.25, -0.2) is 0 Å². The highest BCUT2D eigenvalue weighted by molar-refractivity contribution is 5.92. The van der Waals surface area contributed by atoms with E-state index in [1.807, 2.05) is 49.1 Å². The minimum absolute atomic E-state index is 0.128. The second kappa shape index (κ2) is 10.2. The average molecular weight is 398 g/mol. The van der Waals surface area contributed by atoms with Gasteiger partial charge >= 0.3 is 0 Å². The summed E-state index contributed by atoms with van der Waals surface area (Å²) in [7, 11) is 0. The predicted molar refractivity (Wildman–Crippen MR) is 111 cm³/mol. The van der Waals surface area contributed by atoms with Crippen LogP contribution in [0.15, 0.2) is 40.9 Å². The van der Waals surface area contributed by atoms with E-state index < -0.39 is 0 Å². The summed E-state index contributed by atoms with van der Waals surface area (Å²) in [5.74, 6) is 0.810. The number of hydrogen-bond donors (Lipinski definition) is 1. The van der Waals surface area contributed by atoms with Crippen molar-refractivity contribution in [2.75, 3.05) is 6.54 Å². The lowest BCUT2D eigenvalue weighted by Gasteiger charge is -2.28. The third-order valence-corrected chi connectivity index (χ3v) is 5.34. The molecule has 0 radical (unpaired) electrons. The summed E-state index contributed by atoms with van der Waals surface area (Å²) in [5.41, 5.74) is 1.43. The Morgan fingerprint density at radius 3 is 2.62 bits per heavy atom. The Labute approximate surface area is 172 Å². The quantitative estimate of drug-likeness (QED) is 0.695. The van der Waals surface area contributed by atoms with Gasteiger partial charge in [0.1, 0.15) is 0 Å². The van der Waals surface area contributed by atoms with Gasteiger partial charge in [0.2, 0.25) is 5.91 Å². The van der Waals surface area contributed by atoms with Crippen LogP contribution in [0, 0.1) is 5.92 Å². The summed E-state index contributed by atoms with van der Waals surface area (Å²) in [6, 6.07) is 12.0. The molecule has 1 N–H and O–H groups in total. The van der Waals surface area contributed by atoms with Crippen LogP contribution in [0.25, 0.3) is 0 Å². The zero-order valence-electron chi connectivity index (χ0n) is 17.4. The maximum atomic E-state index is 13.0. The van der Waals surface area contributed by atoms with E-state index in [1.54, 1.807) is 6.07 Å². The van der Waals surface area contributed by atoms with Crippen LogP contribution < -0.4 is 5.32 Å². The summed E-state index contributed by atoms with van der Waals surface area (Å²) in [6.07, 6.45) is 5.53. The highest BCUT2D eigenvalue weighted by atomic mass is 16.5. The molecule has 1 aliphatic carbocycles. The maximum Gasteiger partial charge on any atom is 0.273 e. The first-order chi connectivity index (χ1) is 14.0. The van der Waals surface area contributed by atoms with Gasteiger partial charge in [-0.3, -0.25) is 9.59 Å². The lowest BCUT2D eigenvalue weighted by atomic mass is 10.1. The fraction of sp³-hybridized carbons (Fsp3) is 0.522. The lowest BCUT2D eigenvalue weighted by Crippen LogP contribution is -2.38. The van der Waals surface area contributed by atoms with Gasteiger partial charge in [-0.15, -0.1) is 0 Å². The fourth-order valence-electron chi connectivity index (χ4n) is 3.73. The van der Waals surface area contributed by atoms with Crippen LogP contribution in [0.2, 0.25) is 0 Å². The molecule has 0 atom stereocenters. The number of aryl methyl sites for hydroxylation is 1. The normalized spacial score (nSPS) is 14.3. The average Bonchev–Trinajstić information content (AvgIpc) is 3.41. The van der Waals surface area contributed by atoms with Crippen molar-refractivity contribution in [3.63, 3.8) is 0 Å². The molecule has 29 heavy (non-hydrogen) atoms. The highest BCUT2D eigenvalue weighted by Crippen LogP contribution is 2.26. The molecule has 0 bridgehead atoms. The SMILES string of the molecule is CC(C)CNC(=O)c1cc(CN(C(=O)CCc2ccccc2)C2CCCC2)on1. The molecule has 3 rings (SSSR count). The van der Waals surface area contributed by atoms with Crippen LogP contribution in [0.3, 0.4) is 0 Å². The summed E-state index contributed by atoms with van der Waals surface area (Å²) in [5, 5.41) is 6.74. The second-order valence-electron chi connectivity index (χ2n) is 8.23. The smallest absolute Gasteiger partial charge is 0.273 e. The third kappa shape index (κ3) is 6.17. The number of aromatic nitrogens is 1. The summed E-state index contributed by atoms with van der Waals surface area (Å²) < 4.78 is 5.39. The van der Waals surface area contributed by atoms with Crippen LogP contribution in [0.1, 0.15) is 67.8 Å². The Morgan fingerprint density at radius 1 is 1.21 bits per heavy atom. The second-order valence-corrected chi connectivity index (χ2v) is 8.23. The van der Waals surface area contributed by atoms with E-state index in [0.29, 0.717) is 31.2 Å². The minimum Gasteiger partial charge on any atom is -0.359 e. The van der Waals surface area contributed by atoms with E-state index in [-0.39, 0.29) is 23.6 Å². The zero-order chi connectivity index (χ0) is 20.6. The van der Waals surface area contributed by atoms with Crippen LogP contribution in [-0.4, -0.2) is 34.5 Å². The highest BCUT2D eigenvalue weighted by Gasteiger charge is 2.28. The van der Waals surface area contributed by atoms with E-state index in [9.17, 15) is 9.59 Å². The topological polar surface area (TPSA) is 75.4 Å². The van der Waals surface area contributed by atoms with E-state index in [2.05, 4.69) is 10.5 Å². The molecule has 0 aliphatic heterocycles. The Balaban J connectivity index is 1.63. The largest absolute Gasteiger partial charge is 0.359 e. The molecule has 0 saturated heterocycles. The van der Waals surface area contributed by atoms with Gasteiger partial charge in [-0.2, -0.15) is 0 Å². The number of amides is 2. The first kappa shape index (κ1) is 21.1. The number of nitrogens with zero attached hydrogens (tertiary/aromatic N) is 2. The van der Waals surface area contributed by atoms with Gasteiger partial charge in [0.15, 0.2) is 11.5 Å². The third-order valence-electron chi connectivity index (χ3n) is 5.34. The molecule has 1 heterocycles. The van der Waals surface area contributed by atoms with Crippen molar-refractivity contribution in [2.45, 2.75) is 65.0 Å². The van der Waals surface area contributed by atoms with Gasteiger partial charge in [-0.05, 0) is 30.7 Å². The number of rotatable bonds is 9. The molecular weight excluding hydrogens is 366 g/mol. The van der Waals surface area contributed by atoms with Gasteiger partial charge in [-0.1, -0.05) is 62.2 Å². The molecule has 6 nitrogen and oxygen atoms in total. The number of carbonyl (C=O) groups excluding carboxylic acids is 2. The number of carbonyl (C=O) groups is 2. The Hall–Kier alpha value is -2.63. The summed E-state index contributed by atoms with van der Waals surface area (Å²) >= 11 is 0. The van der Waals surface area contributed by atoms with Crippen molar-refractivity contribution < 1.29 is 14.1 Å². The van der Waals surface area contributed by atoms with Crippen molar-refractivity contribution in [3.05, 3.63) is 53.4 Å². The van der Waals surface area contributed by atoms with E-state index in [0.717, 1.165) is 37.7 Å². The molecule has 0 unspecified atom stereocenters. The van der Waals surface area contributed by atoms with Crippen molar-refractivity contribution in [2.24, 2.45) is 5.92 Å². The van der Waals surface area contributed by atoms with E-state index >= 15 is 0 Å². The maximum absolute atomic E-state index is 13.0. The molecule has 1 aromatic carbocycles. The van der Waals surface area contributed by atoms with Crippen LogP contribution >= 0.6 is 0 Å². The van der Waals surface area contributed by atoms with Gasteiger partial charge in [0.25, 0.3) is 5.91 Å². The molecule has 0 spiro atoms. The number of hydrogen-bond acceptors (Lipinski definition) is 4. The summed E-state index contributed by atoms with van der Waals surface area (Å²) in [4.78, 5) is 27.1. The summed E-state index contributed by atoms with van der Waals surface area (Å²) in [6.45, 7) is 5.03. The molecule has 2 amide bonds. The minimum atomic E-state index is -0.239. The van der Waals surface area contributed by atoms with Gasteiger partial charge in [0, 0.05) is 25.1 Å². The lowest BCUT2D eigenvalue weighted by molar-refractivity contribution is -0.134. The molecule has 6 heteroatoms. The first-order valence-corrected chi connectivity index (χ1v) is 10.6. The van der Waals surface area contributed by atoms with Crippen molar-refractivity contribution >= 4 is 11.8 Å². The van der Waals surface area contributed by atoms with Gasteiger partial charge in [0.05, 0.1) is 6.54 Å². The molecular formula is C23H31N3O3. The van der Waals surface area contributed by atoms with Gasteiger partial charge < -0.3 is 14.7 Å². The number of nitrogens with one attached hydrogen (secondary N) is 1. The first-order valence-electron chi connectivity index (χ1n) is 10.6. The molecule has 2 aromatic rings. The van der Waals surface area contributed by atoms with Crippen molar-refractivity contribution in [3.8, 4) is 0 Å². The molecule has 156 valence electrons. The van der Waals surface area contributed by atoms with Crippen LogP contribution in [0.5, 0.6) is 0 Å². The molecule has 1 aromatic heterocycles. The Morgan fingerprint density at radius 2 is 1.93 bits per heavy atom. The number of benzene rings is 1.